The van der Waals surface area contributed by atoms with Crippen LogP contribution in [0.3, 0.4) is 0 Å². The zero-order valence-electron chi connectivity index (χ0n) is 14.1. The van der Waals surface area contributed by atoms with Crippen LogP contribution in [0.25, 0.3) is 0 Å². The van der Waals surface area contributed by atoms with E-state index in [1.165, 1.54) is 6.42 Å². The number of hydrogen-bond acceptors (Lipinski definition) is 3. The van der Waals surface area contributed by atoms with Gasteiger partial charge in [0.25, 0.3) is 0 Å². The van der Waals surface area contributed by atoms with Crippen LogP contribution in [0.4, 0.5) is 5.69 Å². The standard InChI is InChI=1S/C20H24N2O2/c1-2-24-18-12-11-17(15-21-18)22-19(23)20(13-7-4-8-14-20)16-9-5-3-6-10-16/h3,5-6,9-12,15H,2,4,7-8,13-14H2,1H3,(H,22,23). The van der Waals surface area contributed by atoms with Gasteiger partial charge in [-0.1, -0.05) is 49.6 Å². The molecule has 1 amide bonds. The van der Waals surface area contributed by atoms with Gasteiger partial charge in [0.2, 0.25) is 11.8 Å². The molecule has 1 heterocycles. The number of carbonyl (C=O) groups is 1. The molecular weight excluding hydrogens is 300 g/mol. The van der Waals surface area contributed by atoms with Crippen molar-refractivity contribution in [3.63, 3.8) is 0 Å². The Morgan fingerprint density at radius 2 is 1.88 bits per heavy atom. The summed E-state index contributed by atoms with van der Waals surface area (Å²) in [7, 11) is 0. The van der Waals surface area contributed by atoms with Gasteiger partial charge in [0.15, 0.2) is 0 Å². The topological polar surface area (TPSA) is 51.2 Å². The van der Waals surface area contributed by atoms with Crippen molar-refractivity contribution in [2.75, 3.05) is 11.9 Å². The fourth-order valence-electron chi connectivity index (χ4n) is 3.50. The van der Waals surface area contributed by atoms with Gasteiger partial charge in [0.05, 0.1) is 23.9 Å². The Balaban J connectivity index is 1.81. The SMILES string of the molecule is CCOc1ccc(NC(=O)C2(c3ccccc3)CCCCC2)cn1. The molecule has 1 aromatic carbocycles. The fraction of sp³-hybridized carbons (Fsp3) is 0.400. The third-order valence-electron chi connectivity index (χ3n) is 4.75. The smallest absolute Gasteiger partial charge is 0.235 e. The molecule has 1 N–H and O–H groups in total. The maximum atomic E-state index is 13.1. The summed E-state index contributed by atoms with van der Waals surface area (Å²) in [6.45, 7) is 2.50. The molecular formula is C20H24N2O2. The number of amides is 1. The van der Waals surface area contributed by atoms with Gasteiger partial charge in [0.1, 0.15) is 0 Å². The molecule has 24 heavy (non-hydrogen) atoms. The molecule has 1 aliphatic rings. The summed E-state index contributed by atoms with van der Waals surface area (Å²) in [5, 5.41) is 3.06. The fourth-order valence-corrected chi connectivity index (χ4v) is 3.50. The molecule has 0 spiro atoms. The second kappa shape index (κ2) is 7.47. The number of rotatable bonds is 5. The van der Waals surface area contributed by atoms with E-state index < -0.39 is 5.41 Å². The molecule has 0 saturated heterocycles. The summed E-state index contributed by atoms with van der Waals surface area (Å²) in [6, 6.07) is 13.8. The minimum absolute atomic E-state index is 0.0689. The summed E-state index contributed by atoms with van der Waals surface area (Å²) in [6.07, 6.45) is 6.82. The van der Waals surface area contributed by atoms with E-state index in [0.29, 0.717) is 18.2 Å². The second-order valence-corrected chi connectivity index (χ2v) is 6.28. The third kappa shape index (κ3) is 3.42. The molecule has 1 saturated carbocycles. The highest BCUT2D eigenvalue weighted by Gasteiger charge is 2.40. The highest BCUT2D eigenvalue weighted by molar-refractivity contribution is 5.99. The zero-order chi connectivity index (χ0) is 16.8. The number of carbonyl (C=O) groups excluding carboxylic acids is 1. The van der Waals surface area contributed by atoms with E-state index in [-0.39, 0.29) is 5.91 Å². The lowest BCUT2D eigenvalue weighted by Crippen LogP contribution is -2.42. The van der Waals surface area contributed by atoms with Crippen LogP contribution in [0.5, 0.6) is 5.88 Å². The van der Waals surface area contributed by atoms with Crippen molar-refractivity contribution in [1.29, 1.82) is 0 Å². The lowest BCUT2D eigenvalue weighted by molar-refractivity contribution is -0.122. The van der Waals surface area contributed by atoms with E-state index in [4.69, 9.17) is 4.74 Å². The summed E-state index contributed by atoms with van der Waals surface area (Å²) in [5.74, 6) is 0.644. The summed E-state index contributed by atoms with van der Waals surface area (Å²) >= 11 is 0. The average Bonchev–Trinajstić information content (AvgIpc) is 2.65. The van der Waals surface area contributed by atoms with Crippen LogP contribution in [-0.2, 0) is 10.2 Å². The van der Waals surface area contributed by atoms with Gasteiger partial charge >= 0.3 is 0 Å². The van der Waals surface area contributed by atoms with Gasteiger partial charge in [-0.05, 0) is 31.4 Å². The van der Waals surface area contributed by atoms with E-state index in [0.717, 1.165) is 31.2 Å². The molecule has 3 rings (SSSR count). The first kappa shape index (κ1) is 16.5. The van der Waals surface area contributed by atoms with E-state index in [9.17, 15) is 4.79 Å². The molecule has 0 radical (unpaired) electrons. The van der Waals surface area contributed by atoms with Crippen LogP contribution in [-0.4, -0.2) is 17.5 Å². The van der Waals surface area contributed by atoms with Crippen LogP contribution in [0.1, 0.15) is 44.6 Å². The maximum Gasteiger partial charge on any atom is 0.235 e. The number of nitrogens with zero attached hydrogens (tertiary/aromatic N) is 1. The molecule has 0 aliphatic heterocycles. The predicted octanol–water partition coefficient (Wildman–Crippen LogP) is 4.32. The summed E-state index contributed by atoms with van der Waals surface area (Å²) in [5.41, 5.74) is 1.39. The lowest BCUT2D eigenvalue weighted by Gasteiger charge is -2.36. The lowest BCUT2D eigenvalue weighted by atomic mass is 9.68. The average molecular weight is 324 g/mol. The van der Waals surface area contributed by atoms with Crippen LogP contribution < -0.4 is 10.1 Å². The first-order valence-corrected chi connectivity index (χ1v) is 8.70. The normalized spacial score (nSPS) is 16.4. The van der Waals surface area contributed by atoms with Crippen LogP contribution in [0, 0.1) is 0 Å². The number of aromatic nitrogens is 1. The minimum Gasteiger partial charge on any atom is -0.478 e. The Kier molecular flexibility index (Phi) is 5.14. The van der Waals surface area contributed by atoms with Crippen LogP contribution in [0.2, 0.25) is 0 Å². The third-order valence-corrected chi connectivity index (χ3v) is 4.75. The molecule has 1 fully saturated rings. The van der Waals surface area contributed by atoms with Crippen molar-refractivity contribution in [3.05, 3.63) is 54.2 Å². The maximum absolute atomic E-state index is 13.1. The van der Waals surface area contributed by atoms with Crippen molar-refractivity contribution >= 4 is 11.6 Å². The molecule has 1 aromatic heterocycles. The number of benzene rings is 1. The van der Waals surface area contributed by atoms with E-state index in [2.05, 4.69) is 22.4 Å². The highest BCUT2D eigenvalue weighted by atomic mass is 16.5. The Morgan fingerprint density at radius 1 is 1.12 bits per heavy atom. The van der Waals surface area contributed by atoms with Crippen LogP contribution in [0.15, 0.2) is 48.7 Å². The van der Waals surface area contributed by atoms with Gasteiger partial charge in [0, 0.05) is 6.07 Å². The number of hydrogen-bond donors (Lipinski definition) is 1. The molecule has 1 aliphatic carbocycles. The van der Waals surface area contributed by atoms with Crippen molar-refractivity contribution in [2.45, 2.75) is 44.4 Å². The number of ether oxygens (including phenoxy) is 1. The summed E-state index contributed by atoms with van der Waals surface area (Å²) in [4.78, 5) is 17.4. The second-order valence-electron chi connectivity index (χ2n) is 6.28. The van der Waals surface area contributed by atoms with Crippen molar-refractivity contribution < 1.29 is 9.53 Å². The van der Waals surface area contributed by atoms with E-state index in [1.54, 1.807) is 12.3 Å². The molecule has 126 valence electrons. The van der Waals surface area contributed by atoms with Gasteiger partial charge in [-0.15, -0.1) is 0 Å². The predicted molar refractivity (Wildman–Crippen MR) is 95.2 cm³/mol. The molecule has 0 unspecified atom stereocenters. The molecule has 4 nitrogen and oxygen atoms in total. The zero-order valence-corrected chi connectivity index (χ0v) is 14.1. The van der Waals surface area contributed by atoms with Gasteiger partial charge in [-0.2, -0.15) is 0 Å². The number of nitrogens with one attached hydrogen (secondary N) is 1. The number of anilines is 1. The Hall–Kier alpha value is -2.36. The molecule has 4 heteroatoms. The Morgan fingerprint density at radius 3 is 2.50 bits per heavy atom. The van der Waals surface area contributed by atoms with Crippen LogP contribution >= 0.6 is 0 Å². The highest BCUT2D eigenvalue weighted by Crippen LogP contribution is 2.40. The quantitative estimate of drug-likeness (QED) is 0.891. The van der Waals surface area contributed by atoms with Gasteiger partial charge in [-0.3, -0.25) is 4.79 Å². The number of pyridine rings is 1. The van der Waals surface area contributed by atoms with Crippen molar-refractivity contribution in [3.8, 4) is 5.88 Å². The van der Waals surface area contributed by atoms with Gasteiger partial charge < -0.3 is 10.1 Å². The Labute approximate surface area is 143 Å². The Bertz CT molecular complexity index is 662. The van der Waals surface area contributed by atoms with E-state index >= 15 is 0 Å². The van der Waals surface area contributed by atoms with Crippen molar-refractivity contribution in [1.82, 2.24) is 4.98 Å². The van der Waals surface area contributed by atoms with Crippen molar-refractivity contribution in [2.24, 2.45) is 0 Å². The van der Waals surface area contributed by atoms with E-state index in [1.807, 2.05) is 31.2 Å². The molecule has 0 atom stereocenters. The monoisotopic (exact) mass is 324 g/mol. The minimum atomic E-state index is -0.432. The van der Waals surface area contributed by atoms with Gasteiger partial charge in [-0.25, -0.2) is 4.98 Å². The molecule has 2 aromatic rings. The summed E-state index contributed by atoms with van der Waals surface area (Å²) < 4.78 is 5.35. The molecule has 0 bridgehead atoms. The first-order valence-electron chi connectivity index (χ1n) is 8.70. The first-order chi connectivity index (χ1) is 11.7. The largest absolute Gasteiger partial charge is 0.478 e.